The van der Waals surface area contributed by atoms with E-state index in [0.717, 1.165) is 12.8 Å². The summed E-state index contributed by atoms with van der Waals surface area (Å²) in [5, 5.41) is 0. The summed E-state index contributed by atoms with van der Waals surface area (Å²) >= 11 is 0. The average molecular weight is 269 g/mol. The van der Waals surface area contributed by atoms with Crippen LogP contribution in [0.25, 0.3) is 0 Å². The van der Waals surface area contributed by atoms with Crippen molar-refractivity contribution in [1.82, 2.24) is 0 Å². The van der Waals surface area contributed by atoms with Gasteiger partial charge in [-0.15, -0.1) is 0 Å². The molecule has 0 aliphatic rings. The van der Waals surface area contributed by atoms with Crippen molar-refractivity contribution in [3.63, 3.8) is 0 Å². The first-order valence-electron chi connectivity index (χ1n) is 6.73. The molecule has 0 atom stereocenters. The van der Waals surface area contributed by atoms with E-state index in [-0.39, 0.29) is 5.78 Å². The minimum Gasteiger partial charge on any atom is -0.496 e. The smallest absolute Gasteiger partial charge is 0.196 e. The van der Waals surface area contributed by atoms with E-state index in [4.69, 9.17) is 10.5 Å². The molecule has 0 radical (unpaired) electrons. The van der Waals surface area contributed by atoms with Crippen LogP contribution in [0.4, 0.5) is 5.69 Å². The van der Waals surface area contributed by atoms with Crippen molar-refractivity contribution in [2.24, 2.45) is 0 Å². The number of carbonyl (C=O) groups excluding carboxylic acids is 1. The number of carbonyl (C=O) groups is 1. The summed E-state index contributed by atoms with van der Waals surface area (Å²) in [7, 11) is 1.55. The molecule has 0 fully saturated rings. The standard InChI is InChI=1S/C17H19NO2/c1-3-4-12-5-7-13(8-6-12)17(19)15-11-14(18)9-10-16(15)20-2/h5-11H,3-4,18H2,1-2H3. The molecule has 0 saturated carbocycles. The highest BCUT2D eigenvalue weighted by Gasteiger charge is 2.14. The van der Waals surface area contributed by atoms with Crippen LogP contribution in [0.5, 0.6) is 5.75 Å². The summed E-state index contributed by atoms with van der Waals surface area (Å²) < 4.78 is 5.23. The van der Waals surface area contributed by atoms with E-state index in [0.29, 0.717) is 22.6 Å². The summed E-state index contributed by atoms with van der Waals surface area (Å²) in [6.07, 6.45) is 2.12. The summed E-state index contributed by atoms with van der Waals surface area (Å²) in [5.41, 5.74) is 8.69. The molecular formula is C17H19NO2. The van der Waals surface area contributed by atoms with Gasteiger partial charge in [0.05, 0.1) is 12.7 Å². The summed E-state index contributed by atoms with van der Waals surface area (Å²) in [5.74, 6) is 0.471. The first kappa shape index (κ1) is 14.1. The van der Waals surface area contributed by atoms with Crippen LogP contribution < -0.4 is 10.5 Å². The maximum atomic E-state index is 12.5. The highest BCUT2D eigenvalue weighted by atomic mass is 16.5. The zero-order valence-corrected chi connectivity index (χ0v) is 11.8. The largest absolute Gasteiger partial charge is 0.496 e. The summed E-state index contributed by atoms with van der Waals surface area (Å²) in [6, 6.07) is 12.8. The van der Waals surface area contributed by atoms with Crippen molar-refractivity contribution in [2.45, 2.75) is 19.8 Å². The van der Waals surface area contributed by atoms with Crippen LogP contribution in [0.15, 0.2) is 42.5 Å². The van der Waals surface area contributed by atoms with Crippen LogP contribution >= 0.6 is 0 Å². The molecule has 0 bridgehead atoms. The van der Waals surface area contributed by atoms with Crippen LogP contribution in [0.1, 0.15) is 34.8 Å². The molecule has 2 rings (SSSR count). The number of aryl methyl sites for hydroxylation is 1. The van der Waals surface area contributed by atoms with Gasteiger partial charge in [-0.2, -0.15) is 0 Å². The number of nitrogens with two attached hydrogens (primary N) is 1. The molecule has 2 aromatic rings. The molecule has 104 valence electrons. The Morgan fingerprint density at radius 2 is 1.85 bits per heavy atom. The Balaban J connectivity index is 2.33. The van der Waals surface area contributed by atoms with Crippen molar-refractivity contribution in [3.8, 4) is 5.75 Å². The molecule has 2 aromatic carbocycles. The SMILES string of the molecule is CCCc1ccc(C(=O)c2cc(N)ccc2OC)cc1. The minimum absolute atomic E-state index is 0.0720. The predicted octanol–water partition coefficient (Wildman–Crippen LogP) is 3.46. The number of hydrogen-bond donors (Lipinski definition) is 1. The van der Waals surface area contributed by atoms with Crippen LogP contribution in [-0.4, -0.2) is 12.9 Å². The van der Waals surface area contributed by atoms with Crippen molar-refractivity contribution >= 4 is 11.5 Å². The number of nitrogen functional groups attached to an aromatic ring is 1. The molecule has 3 nitrogen and oxygen atoms in total. The van der Waals surface area contributed by atoms with E-state index in [1.165, 1.54) is 5.56 Å². The van der Waals surface area contributed by atoms with Gasteiger partial charge in [0.2, 0.25) is 0 Å². The fourth-order valence-corrected chi connectivity index (χ4v) is 2.17. The second-order valence-electron chi connectivity index (χ2n) is 4.74. The number of methoxy groups -OCH3 is 1. The second kappa shape index (κ2) is 6.24. The number of hydrogen-bond acceptors (Lipinski definition) is 3. The van der Waals surface area contributed by atoms with Crippen LogP contribution in [0.2, 0.25) is 0 Å². The van der Waals surface area contributed by atoms with Gasteiger partial charge in [-0.3, -0.25) is 4.79 Å². The zero-order chi connectivity index (χ0) is 14.5. The molecule has 0 spiro atoms. The molecule has 2 N–H and O–H groups in total. The van der Waals surface area contributed by atoms with Gasteiger partial charge in [0.15, 0.2) is 5.78 Å². The molecule has 20 heavy (non-hydrogen) atoms. The van der Waals surface area contributed by atoms with E-state index in [1.807, 2.05) is 24.3 Å². The molecule has 0 aromatic heterocycles. The highest BCUT2D eigenvalue weighted by Crippen LogP contribution is 2.24. The Hall–Kier alpha value is -2.29. The van der Waals surface area contributed by atoms with E-state index in [2.05, 4.69) is 6.92 Å². The van der Waals surface area contributed by atoms with Crippen LogP contribution in [0, 0.1) is 0 Å². The Kier molecular flexibility index (Phi) is 4.41. The fraction of sp³-hybridized carbons (Fsp3) is 0.235. The molecule has 0 aliphatic carbocycles. The van der Waals surface area contributed by atoms with Crippen LogP contribution in [0.3, 0.4) is 0 Å². The van der Waals surface area contributed by atoms with E-state index in [9.17, 15) is 4.79 Å². The van der Waals surface area contributed by atoms with Crippen molar-refractivity contribution in [1.29, 1.82) is 0 Å². The van der Waals surface area contributed by atoms with Gasteiger partial charge in [0.1, 0.15) is 5.75 Å². The molecular weight excluding hydrogens is 250 g/mol. The summed E-state index contributed by atoms with van der Waals surface area (Å²) in [6.45, 7) is 2.14. The zero-order valence-electron chi connectivity index (χ0n) is 11.8. The topological polar surface area (TPSA) is 52.3 Å². The van der Waals surface area contributed by atoms with E-state index >= 15 is 0 Å². The van der Waals surface area contributed by atoms with Crippen molar-refractivity contribution in [2.75, 3.05) is 12.8 Å². The number of ketones is 1. The normalized spacial score (nSPS) is 10.3. The van der Waals surface area contributed by atoms with Gasteiger partial charge >= 0.3 is 0 Å². The lowest BCUT2D eigenvalue weighted by atomic mass is 10.00. The Morgan fingerprint density at radius 1 is 1.15 bits per heavy atom. The fourth-order valence-electron chi connectivity index (χ4n) is 2.17. The van der Waals surface area contributed by atoms with Gasteiger partial charge in [0, 0.05) is 11.3 Å². The van der Waals surface area contributed by atoms with Gasteiger partial charge in [-0.25, -0.2) is 0 Å². The summed E-state index contributed by atoms with van der Waals surface area (Å²) in [4.78, 5) is 12.5. The van der Waals surface area contributed by atoms with E-state index in [1.54, 1.807) is 25.3 Å². The molecule has 0 unspecified atom stereocenters. The monoisotopic (exact) mass is 269 g/mol. The molecule has 0 heterocycles. The maximum Gasteiger partial charge on any atom is 0.196 e. The maximum absolute atomic E-state index is 12.5. The highest BCUT2D eigenvalue weighted by molar-refractivity contribution is 6.11. The Bertz CT molecular complexity index is 603. The van der Waals surface area contributed by atoms with Gasteiger partial charge in [-0.1, -0.05) is 37.6 Å². The van der Waals surface area contributed by atoms with Gasteiger partial charge in [-0.05, 0) is 30.2 Å². The molecule has 0 saturated heterocycles. The van der Waals surface area contributed by atoms with E-state index < -0.39 is 0 Å². The van der Waals surface area contributed by atoms with Gasteiger partial charge < -0.3 is 10.5 Å². The lowest BCUT2D eigenvalue weighted by Gasteiger charge is -2.09. The average Bonchev–Trinajstić information content (AvgIpc) is 2.47. The first-order chi connectivity index (χ1) is 9.65. The van der Waals surface area contributed by atoms with Gasteiger partial charge in [0.25, 0.3) is 0 Å². The first-order valence-corrected chi connectivity index (χ1v) is 6.73. The number of rotatable bonds is 5. The third-order valence-electron chi connectivity index (χ3n) is 3.22. The Labute approximate surface area is 119 Å². The molecule has 0 amide bonds. The number of ether oxygens (including phenoxy) is 1. The predicted molar refractivity (Wildman–Crippen MR) is 81.3 cm³/mol. The lowest BCUT2D eigenvalue weighted by molar-refractivity contribution is 0.103. The number of anilines is 1. The van der Waals surface area contributed by atoms with Crippen molar-refractivity contribution in [3.05, 3.63) is 59.2 Å². The van der Waals surface area contributed by atoms with Crippen LogP contribution in [-0.2, 0) is 6.42 Å². The molecule has 3 heteroatoms. The third kappa shape index (κ3) is 2.99. The third-order valence-corrected chi connectivity index (χ3v) is 3.22. The quantitative estimate of drug-likeness (QED) is 0.668. The Morgan fingerprint density at radius 3 is 2.45 bits per heavy atom. The number of benzene rings is 2. The van der Waals surface area contributed by atoms with Crippen molar-refractivity contribution < 1.29 is 9.53 Å². The molecule has 0 aliphatic heterocycles. The lowest BCUT2D eigenvalue weighted by Crippen LogP contribution is -2.05. The second-order valence-corrected chi connectivity index (χ2v) is 4.74. The minimum atomic E-state index is -0.0720.